The molecule has 0 atom stereocenters. The van der Waals surface area contributed by atoms with E-state index in [0.717, 1.165) is 15.4 Å². The number of anilines is 2. The van der Waals surface area contributed by atoms with Crippen LogP contribution >= 0.6 is 0 Å². The number of carbonyl (C=O) groups excluding carboxylic acids is 1. The van der Waals surface area contributed by atoms with Gasteiger partial charge in [0.2, 0.25) is 5.91 Å². The van der Waals surface area contributed by atoms with Gasteiger partial charge in [0, 0.05) is 6.20 Å². The highest BCUT2D eigenvalue weighted by Crippen LogP contribution is 2.27. The first-order valence-electron chi connectivity index (χ1n) is 8.73. The summed E-state index contributed by atoms with van der Waals surface area (Å²) in [4.78, 5) is 16.7. The molecule has 0 fully saturated rings. The van der Waals surface area contributed by atoms with Crippen molar-refractivity contribution in [2.24, 2.45) is 0 Å². The second-order valence-electron chi connectivity index (χ2n) is 6.40. The second kappa shape index (κ2) is 8.22. The Balaban J connectivity index is 2.00. The van der Waals surface area contributed by atoms with E-state index >= 15 is 0 Å². The lowest BCUT2D eigenvalue weighted by Gasteiger charge is -2.26. The number of hydrogen-bond acceptors (Lipinski definition) is 4. The zero-order chi connectivity index (χ0) is 20.1. The standard InChI is InChI=1S/C21H21N3O3S/c1-16-10-11-17(2)20(13-16)24(28(26,27)19-8-4-3-5-9-19)15-21(25)23-18-7-6-12-22-14-18/h3-14H,15H2,1-2H3,(H,23,25). The Kier molecular flexibility index (Phi) is 5.75. The quantitative estimate of drug-likeness (QED) is 0.692. The van der Waals surface area contributed by atoms with Gasteiger partial charge in [0.25, 0.3) is 10.0 Å². The first-order valence-corrected chi connectivity index (χ1v) is 10.2. The molecule has 0 spiro atoms. The lowest BCUT2D eigenvalue weighted by atomic mass is 10.1. The van der Waals surface area contributed by atoms with Gasteiger partial charge in [-0.05, 0) is 55.3 Å². The van der Waals surface area contributed by atoms with E-state index in [2.05, 4.69) is 10.3 Å². The van der Waals surface area contributed by atoms with Gasteiger partial charge in [0.05, 0.1) is 22.5 Å². The SMILES string of the molecule is Cc1ccc(C)c(N(CC(=O)Nc2cccnc2)S(=O)(=O)c2ccccc2)c1. The van der Waals surface area contributed by atoms with Crippen molar-refractivity contribution >= 4 is 27.3 Å². The summed E-state index contributed by atoms with van der Waals surface area (Å²) in [5, 5.41) is 2.69. The second-order valence-corrected chi connectivity index (χ2v) is 8.27. The highest BCUT2D eigenvalue weighted by atomic mass is 32.2. The fourth-order valence-corrected chi connectivity index (χ4v) is 4.27. The van der Waals surface area contributed by atoms with Gasteiger partial charge in [-0.2, -0.15) is 0 Å². The molecule has 0 unspecified atom stereocenters. The summed E-state index contributed by atoms with van der Waals surface area (Å²) >= 11 is 0. The van der Waals surface area contributed by atoms with Crippen LogP contribution in [0.15, 0.2) is 78.0 Å². The van der Waals surface area contributed by atoms with Crippen molar-refractivity contribution in [3.05, 3.63) is 84.2 Å². The van der Waals surface area contributed by atoms with Gasteiger partial charge in [-0.3, -0.25) is 14.1 Å². The molecule has 0 aliphatic heterocycles. The van der Waals surface area contributed by atoms with Crippen molar-refractivity contribution in [1.82, 2.24) is 4.98 Å². The number of sulfonamides is 1. The Labute approximate surface area is 164 Å². The molecule has 0 saturated carbocycles. The Bertz CT molecular complexity index is 1070. The monoisotopic (exact) mass is 395 g/mol. The van der Waals surface area contributed by atoms with Gasteiger partial charge in [0.15, 0.2) is 0 Å². The number of aryl methyl sites for hydroxylation is 2. The lowest BCUT2D eigenvalue weighted by Crippen LogP contribution is -2.38. The third-order valence-electron chi connectivity index (χ3n) is 4.20. The molecule has 1 heterocycles. The zero-order valence-corrected chi connectivity index (χ0v) is 16.5. The molecule has 144 valence electrons. The first-order chi connectivity index (χ1) is 13.4. The molecule has 0 aliphatic rings. The molecule has 1 aromatic heterocycles. The van der Waals surface area contributed by atoms with E-state index < -0.39 is 15.9 Å². The fraction of sp³-hybridized carbons (Fsp3) is 0.143. The number of nitrogens with one attached hydrogen (secondary N) is 1. The number of rotatable bonds is 6. The van der Waals surface area contributed by atoms with E-state index in [-0.39, 0.29) is 11.4 Å². The molecular formula is C21H21N3O3S. The number of aromatic nitrogens is 1. The van der Waals surface area contributed by atoms with Gasteiger partial charge in [0.1, 0.15) is 6.54 Å². The third-order valence-corrected chi connectivity index (χ3v) is 5.97. The van der Waals surface area contributed by atoms with Crippen LogP contribution < -0.4 is 9.62 Å². The summed E-state index contributed by atoms with van der Waals surface area (Å²) in [6, 6.07) is 17.0. The maximum atomic E-state index is 13.3. The Hall–Kier alpha value is -3.19. The molecule has 7 heteroatoms. The predicted molar refractivity (Wildman–Crippen MR) is 110 cm³/mol. The first kappa shape index (κ1) is 19.6. The normalized spacial score (nSPS) is 11.1. The Morgan fingerprint density at radius 1 is 1.04 bits per heavy atom. The largest absolute Gasteiger partial charge is 0.323 e. The van der Waals surface area contributed by atoms with Crippen molar-refractivity contribution in [1.29, 1.82) is 0 Å². The fourth-order valence-electron chi connectivity index (χ4n) is 2.78. The molecular weight excluding hydrogens is 374 g/mol. The smallest absolute Gasteiger partial charge is 0.264 e. The van der Waals surface area contributed by atoms with Crippen LogP contribution in [0.3, 0.4) is 0 Å². The van der Waals surface area contributed by atoms with Crippen LogP contribution in [0, 0.1) is 13.8 Å². The van der Waals surface area contributed by atoms with Crippen molar-refractivity contribution in [3.63, 3.8) is 0 Å². The number of carbonyl (C=O) groups is 1. The molecule has 0 saturated heterocycles. The molecule has 28 heavy (non-hydrogen) atoms. The van der Waals surface area contributed by atoms with Gasteiger partial charge < -0.3 is 5.32 Å². The summed E-state index contributed by atoms with van der Waals surface area (Å²) in [6.45, 7) is 3.35. The van der Waals surface area contributed by atoms with Crippen LogP contribution in [0.4, 0.5) is 11.4 Å². The summed E-state index contributed by atoms with van der Waals surface area (Å²) in [5.41, 5.74) is 2.65. The minimum Gasteiger partial charge on any atom is -0.323 e. The van der Waals surface area contributed by atoms with Crippen LogP contribution in [0.2, 0.25) is 0 Å². The van der Waals surface area contributed by atoms with Crippen molar-refractivity contribution in [2.45, 2.75) is 18.7 Å². The molecule has 1 amide bonds. The van der Waals surface area contributed by atoms with Crippen molar-refractivity contribution in [3.8, 4) is 0 Å². The van der Waals surface area contributed by atoms with Crippen LogP contribution in [0.5, 0.6) is 0 Å². The summed E-state index contributed by atoms with van der Waals surface area (Å²) < 4.78 is 27.8. The molecule has 1 N–H and O–H groups in total. The number of amides is 1. The zero-order valence-electron chi connectivity index (χ0n) is 15.7. The number of nitrogens with zero attached hydrogens (tertiary/aromatic N) is 2. The van der Waals surface area contributed by atoms with Crippen LogP contribution in [0.25, 0.3) is 0 Å². The van der Waals surface area contributed by atoms with Crippen molar-refractivity contribution in [2.75, 3.05) is 16.2 Å². The van der Waals surface area contributed by atoms with Crippen molar-refractivity contribution < 1.29 is 13.2 Å². The minimum absolute atomic E-state index is 0.130. The molecule has 0 aliphatic carbocycles. The summed E-state index contributed by atoms with van der Waals surface area (Å²) in [5.74, 6) is -0.451. The van der Waals surface area contributed by atoms with Gasteiger partial charge in [-0.15, -0.1) is 0 Å². The molecule has 6 nitrogen and oxygen atoms in total. The molecule has 3 aromatic rings. The third kappa shape index (κ3) is 4.37. The van der Waals surface area contributed by atoms with E-state index in [1.807, 2.05) is 26.0 Å². The van der Waals surface area contributed by atoms with E-state index in [1.54, 1.807) is 42.6 Å². The maximum absolute atomic E-state index is 13.3. The minimum atomic E-state index is -3.92. The highest BCUT2D eigenvalue weighted by molar-refractivity contribution is 7.92. The maximum Gasteiger partial charge on any atom is 0.264 e. The van der Waals surface area contributed by atoms with Crippen LogP contribution in [-0.4, -0.2) is 25.9 Å². The van der Waals surface area contributed by atoms with E-state index in [0.29, 0.717) is 11.4 Å². The number of hydrogen-bond donors (Lipinski definition) is 1. The number of pyridine rings is 1. The van der Waals surface area contributed by atoms with Crippen LogP contribution in [0.1, 0.15) is 11.1 Å². The van der Waals surface area contributed by atoms with Gasteiger partial charge >= 0.3 is 0 Å². The predicted octanol–water partition coefficient (Wildman–Crippen LogP) is 3.53. The Morgan fingerprint density at radius 3 is 2.46 bits per heavy atom. The summed E-state index contributed by atoms with van der Waals surface area (Å²) in [6.07, 6.45) is 3.10. The molecule has 0 radical (unpaired) electrons. The van der Waals surface area contributed by atoms with E-state index in [9.17, 15) is 13.2 Å². The summed E-state index contributed by atoms with van der Waals surface area (Å²) in [7, 11) is -3.92. The highest BCUT2D eigenvalue weighted by Gasteiger charge is 2.28. The van der Waals surface area contributed by atoms with E-state index in [1.165, 1.54) is 18.3 Å². The lowest BCUT2D eigenvalue weighted by molar-refractivity contribution is -0.114. The van der Waals surface area contributed by atoms with Gasteiger partial charge in [-0.1, -0.05) is 30.3 Å². The van der Waals surface area contributed by atoms with E-state index in [4.69, 9.17) is 0 Å². The average molecular weight is 395 g/mol. The average Bonchev–Trinajstić information content (AvgIpc) is 2.69. The molecule has 0 bridgehead atoms. The topological polar surface area (TPSA) is 79.4 Å². The Morgan fingerprint density at radius 2 is 1.79 bits per heavy atom. The van der Waals surface area contributed by atoms with Gasteiger partial charge in [-0.25, -0.2) is 8.42 Å². The number of benzene rings is 2. The molecule has 3 rings (SSSR count). The van der Waals surface area contributed by atoms with Crippen LogP contribution in [-0.2, 0) is 14.8 Å². The molecule has 2 aromatic carbocycles.